The zero-order valence-corrected chi connectivity index (χ0v) is 14.2. The van der Waals surface area contributed by atoms with Crippen molar-refractivity contribution in [3.63, 3.8) is 0 Å². The van der Waals surface area contributed by atoms with Crippen molar-refractivity contribution in [2.75, 3.05) is 52.4 Å². The molecule has 0 radical (unpaired) electrons. The van der Waals surface area contributed by atoms with Crippen LogP contribution in [0.3, 0.4) is 0 Å². The Kier molecular flexibility index (Phi) is 15.6. The highest BCUT2D eigenvalue weighted by Crippen LogP contribution is 1.82. The van der Waals surface area contributed by atoms with Crippen molar-refractivity contribution in [2.45, 2.75) is 25.7 Å². The van der Waals surface area contributed by atoms with Gasteiger partial charge in [-0.2, -0.15) is 0 Å². The Bertz CT molecular complexity index is 279. The molecule has 0 atom stereocenters. The summed E-state index contributed by atoms with van der Waals surface area (Å²) in [5, 5.41) is 10.2. The van der Waals surface area contributed by atoms with Crippen LogP contribution in [0.5, 0.6) is 0 Å². The monoisotopic (exact) mass is 329 g/mol. The van der Waals surface area contributed by atoms with Crippen LogP contribution >= 0.6 is 0 Å². The molecule has 0 bridgehead atoms. The van der Waals surface area contributed by atoms with Crippen LogP contribution in [0.4, 0.5) is 0 Å². The lowest BCUT2D eigenvalue weighted by atomic mass is 10.3. The summed E-state index contributed by atoms with van der Waals surface area (Å²) < 4.78 is 0. The Balaban J connectivity index is 3.05. The smallest absolute Gasteiger partial charge is 0.185 e. The van der Waals surface area contributed by atoms with Crippen molar-refractivity contribution in [2.24, 2.45) is 32.9 Å². The van der Waals surface area contributed by atoms with Crippen LogP contribution in [0.15, 0.2) is 9.98 Å². The molecule has 0 aliphatic carbocycles. The largest absolute Gasteiger partial charge is 0.370 e. The molecule has 23 heavy (non-hydrogen) atoms. The lowest BCUT2D eigenvalue weighted by molar-refractivity contribution is 0.559. The molecule has 0 aromatic rings. The Morgan fingerprint density at radius 1 is 0.522 bits per heavy atom. The number of nitrogens with one attached hydrogen (secondary N) is 3. The minimum absolute atomic E-state index is 0.164. The van der Waals surface area contributed by atoms with E-state index in [1.807, 2.05) is 0 Å². The third-order valence-corrected chi connectivity index (χ3v) is 3.03. The van der Waals surface area contributed by atoms with E-state index in [-0.39, 0.29) is 11.9 Å². The minimum Gasteiger partial charge on any atom is -0.370 e. The molecular formula is C14H35N9. The Labute approximate surface area is 139 Å². The first kappa shape index (κ1) is 21.4. The molecule has 0 saturated heterocycles. The van der Waals surface area contributed by atoms with E-state index >= 15 is 0 Å². The van der Waals surface area contributed by atoms with Crippen molar-refractivity contribution in [1.82, 2.24) is 16.0 Å². The lowest BCUT2D eigenvalue weighted by Crippen LogP contribution is -2.26. The fourth-order valence-electron chi connectivity index (χ4n) is 1.88. The molecule has 0 amide bonds. The highest BCUT2D eigenvalue weighted by molar-refractivity contribution is 5.75. The van der Waals surface area contributed by atoms with Crippen LogP contribution < -0.4 is 38.9 Å². The summed E-state index contributed by atoms with van der Waals surface area (Å²) in [4.78, 5) is 7.86. The van der Waals surface area contributed by atoms with E-state index in [2.05, 4.69) is 25.9 Å². The molecule has 9 nitrogen and oxygen atoms in total. The SMILES string of the molecule is NC(N)=NCCCNCCCNCCCNCCCN=C(N)N. The van der Waals surface area contributed by atoms with E-state index in [0.29, 0.717) is 13.1 Å². The summed E-state index contributed by atoms with van der Waals surface area (Å²) in [6, 6.07) is 0. The van der Waals surface area contributed by atoms with E-state index in [0.717, 1.165) is 65.0 Å². The maximum absolute atomic E-state index is 5.24. The van der Waals surface area contributed by atoms with Gasteiger partial charge in [-0.25, -0.2) is 0 Å². The molecule has 0 spiro atoms. The van der Waals surface area contributed by atoms with Gasteiger partial charge in [-0.1, -0.05) is 0 Å². The average Bonchev–Trinajstić information content (AvgIpc) is 2.49. The molecule has 0 aliphatic rings. The molecule has 9 heteroatoms. The second-order valence-electron chi connectivity index (χ2n) is 5.28. The molecular weight excluding hydrogens is 294 g/mol. The zero-order valence-electron chi connectivity index (χ0n) is 14.2. The number of nitrogens with two attached hydrogens (primary N) is 4. The summed E-state index contributed by atoms with van der Waals surface area (Å²) in [5.74, 6) is 0.329. The van der Waals surface area contributed by atoms with Gasteiger partial charge in [0.2, 0.25) is 0 Å². The van der Waals surface area contributed by atoms with Gasteiger partial charge in [0.05, 0.1) is 0 Å². The van der Waals surface area contributed by atoms with E-state index in [4.69, 9.17) is 22.9 Å². The fourth-order valence-corrected chi connectivity index (χ4v) is 1.88. The van der Waals surface area contributed by atoms with Gasteiger partial charge in [-0.05, 0) is 65.0 Å². The minimum atomic E-state index is 0.164. The molecule has 0 saturated carbocycles. The van der Waals surface area contributed by atoms with Gasteiger partial charge < -0.3 is 38.9 Å². The Morgan fingerprint density at radius 3 is 1.13 bits per heavy atom. The normalized spacial score (nSPS) is 10.4. The number of hydrogen-bond acceptors (Lipinski definition) is 5. The second-order valence-corrected chi connectivity index (χ2v) is 5.28. The first-order valence-corrected chi connectivity index (χ1v) is 8.36. The third-order valence-electron chi connectivity index (χ3n) is 3.03. The molecule has 136 valence electrons. The van der Waals surface area contributed by atoms with E-state index in [1.165, 1.54) is 0 Å². The van der Waals surface area contributed by atoms with Crippen molar-refractivity contribution in [1.29, 1.82) is 0 Å². The van der Waals surface area contributed by atoms with Crippen molar-refractivity contribution >= 4 is 11.9 Å². The predicted molar refractivity (Wildman–Crippen MR) is 98.4 cm³/mol. The number of hydrogen-bond donors (Lipinski definition) is 7. The highest BCUT2D eigenvalue weighted by Gasteiger charge is 1.92. The van der Waals surface area contributed by atoms with Crippen LogP contribution in [0.2, 0.25) is 0 Å². The maximum Gasteiger partial charge on any atom is 0.185 e. The molecule has 0 heterocycles. The van der Waals surface area contributed by atoms with Gasteiger partial charge >= 0.3 is 0 Å². The fraction of sp³-hybridized carbons (Fsp3) is 0.857. The van der Waals surface area contributed by atoms with Crippen LogP contribution in [-0.4, -0.2) is 64.3 Å². The third kappa shape index (κ3) is 20.4. The molecule has 0 aromatic heterocycles. The Morgan fingerprint density at radius 2 is 0.826 bits per heavy atom. The quantitative estimate of drug-likeness (QED) is 0.0964. The van der Waals surface area contributed by atoms with Gasteiger partial charge in [0, 0.05) is 13.1 Å². The van der Waals surface area contributed by atoms with Crippen molar-refractivity contribution in [3.8, 4) is 0 Å². The maximum atomic E-state index is 5.24. The highest BCUT2D eigenvalue weighted by atomic mass is 15.0. The van der Waals surface area contributed by atoms with E-state index < -0.39 is 0 Å². The number of guanidine groups is 2. The van der Waals surface area contributed by atoms with Crippen LogP contribution in [0, 0.1) is 0 Å². The van der Waals surface area contributed by atoms with Crippen LogP contribution in [-0.2, 0) is 0 Å². The molecule has 11 N–H and O–H groups in total. The molecule has 0 aliphatic heterocycles. The molecule has 0 rings (SSSR count). The summed E-state index contributed by atoms with van der Waals surface area (Å²) in [7, 11) is 0. The summed E-state index contributed by atoms with van der Waals surface area (Å²) in [5.41, 5.74) is 21.0. The van der Waals surface area contributed by atoms with Gasteiger partial charge in [-0.15, -0.1) is 0 Å². The Hall–Kier alpha value is -1.58. The number of nitrogens with zero attached hydrogens (tertiary/aromatic N) is 2. The van der Waals surface area contributed by atoms with Crippen LogP contribution in [0.1, 0.15) is 25.7 Å². The average molecular weight is 329 g/mol. The lowest BCUT2D eigenvalue weighted by Gasteiger charge is -2.07. The summed E-state index contributed by atoms with van der Waals surface area (Å²) in [6.07, 6.45) is 4.16. The zero-order chi connectivity index (χ0) is 17.2. The van der Waals surface area contributed by atoms with Gasteiger partial charge in [0.1, 0.15) is 0 Å². The summed E-state index contributed by atoms with van der Waals surface area (Å²) in [6.45, 7) is 7.35. The molecule has 0 aromatic carbocycles. The number of aliphatic imine (C=N–C) groups is 2. The van der Waals surface area contributed by atoms with Gasteiger partial charge in [0.25, 0.3) is 0 Å². The standard InChI is InChI=1S/C14H35N9/c15-13(16)22-11-3-9-20-7-1-5-19-6-2-8-21-10-4-12-23-14(17)18/h19-21H,1-12H2,(H4,15,16,22)(H4,17,18,23). The number of rotatable bonds is 16. The van der Waals surface area contributed by atoms with Crippen molar-refractivity contribution < 1.29 is 0 Å². The van der Waals surface area contributed by atoms with Crippen molar-refractivity contribution in [3.05, 3.63) is 0 Å². The first-order chi connectivity index (χ1) is 11.1. The molecule has 0 unspecified atom stereocenters. The van der Waals surface area contributed by atoms with Crippen LogP contribution in [0.25, 0.3) is 0 Å². The molecule has 0 fully saturated rings. The summed E-state index contributed by atoms with van der Waals surface area (Å²) >= 11 is 0. The van der Waals surface area contributed by atoms with E-state index in [1.54, 1.807) is 0 Å². The topological polar surface area (TPSA) is 165 Å². The first-order valence-electron chi connectivity index (χ1n) is 8.36. The second kappa shape index (κ2) is 16.8. The predicted octanol–water partition coefficient (Wildman–Crippen LogP) is -2.14. The van der Waals surface area contributed by atoms with Gasteiger partial charge in [0.15, 0.2) is 11.9 Å². The van der Waals surface area contributed by atoms with E-state index in [9.17, 15) is 0 Å². The van der Waals surface area contributed by atoms with Gasteiger partial charge in [-0.3, -0.25) is 9.98 Å².